The fourth-order valence-corrected chi connectivity index (χ4v) is 6.48. The third-order valence-electron chi connectivity index (χ3n) is 6.32. The van der Waals surface area contributed by atoms with Crippen LogP contribution < -0.4 is 9.47 Å². The molecule has 0 unspecified atom stereocenters. The summed E-state index contributed by atoms with van der Waals surface area (Å²) < 4.78 is 38.4. The SMILES string of the molecule is CCN(CC)S(=O)(=O)c1cc(C(=O)N(Cc2ccc3c(c2)OCO3)C2CCCC2)ccc1Cl. The third-order valence-corrected chi connectivity index (χ3v) is 8.85. The molecule has 0 spiro atoms. The van der Waals surface area contributed by atoms with Crippen molar-refractivity contribution in [3.05, 3.63) is 52.5 Å². The molecule has 1 aliphatic carbocycles. The minimum absolute atomic E-state index is 0.0341. The lowest BCUT2D eigenvalue weighted by Gasteiger charge is -2.30. The molecule has 1 aliphatic heterocycles. The summed E-state index contributed by atoms with van der Waals surface area (Å²) in [4.78, 5) is 15.5. The molecule has 33 heavy (non-hydrogen) atoms. The van der Waals surface area contributed by atoms with Gasteiger partial charge in [-0.3, -0.25) is 4.79 Å². The lowest BCUT2D eigenvalue weighted by atomic mass is 10.1. The van der Waals surface area contributed by atoms with Crippen molar-refractivity contribution in [3.8, 4) is 11.5 Å². The van der Waals surface area contributed by atoms with E-state index in [-0.39, 0.29) is 28.7 Å². The molecule has 0 bridgehead atoms. The first-order valence-electron chi connectivity index (χ1n) is 11.3. The predicted octanol–water partition coefficient (Wildman–Crippen LogP) is 4.68. The van der Waals surface area contributed by atoms with Gasteiger partial charge in [-0.05, 0) is 48.7 Å². The summed E-state index contributed by atoms with van der Waals surface area (Å²) in [6.45, 7) is 4.80. The Morgan fingerprint density at radius 3 is 2.42 bits per heavy atom. The summed E-state index contributed by atoms with van der Waals surface area (Å²) in [6.07, 6.45) is 3.98. The van der Waals surface area contributed by atoms with Gasteiger partial charge in [-0.2, -0.15) is 4.31 Å². The number of hydrogen-bond donors (Lipinski definition) is 0. The quantitative estimate of drug-likeness (QED) is 0.534. The van der Waals surface area contributed by atoms with Gasteiger partial charge in [-0.25, -0.2) is 8.42 Å². The van der Waals surface area contributed by atoms with Crippen LogP contribution in [0.25, 0.3) is 0 Å². The van der Waals surface area contributed by atoms with Gasteiger partial charge in [0.05, 0.1) is 5.02 Å². The van der Waals surface area contributed by atoms with Crippen LogP contribution in [0.5, 0.6) is 11.5 Å². The molecular weight excluding hydrogens is 464 g/mol. The lowest BCUT2D eigenvalue weighted by Crippen LogP contribution is -2.38. The minimum Gasteiger partial charge on any atom is -0.454 e. The number of carbonyl (C=O) groups excluding carboxylic acids is 1. The fraction of sp³-hybridized carbons (Fsp3) is 0.458. The first-order valence-corrected chi connectivity index (χ1v) is 13.2. The lowest BCUT2D eigenvalue weighted by molar-refractivity contribution is 0.0664. The molecule has 9 heteroatoms. The molecule has 2 aromatic carbocycles. The number of amides is 1. The van der Waals surface area contributed by atoms with E-state index in [1.807, 2.05) is 23.1 Å². The van der Waals surface area contributed by atoms with Gasteiger partial charge in [-0.1, -0.05) is 44.4 Å². The smallest absolute Gasteiger partial charge is 0.254 e. The first kappa shape index (κ1) is 23.9. The number of hydrogen-bond acceptors (Lipinski definition) is 5. The van der Waals surface area contributed by atoms with Crippen LogP contribution in [0.3, 0.4) is 0 Å². The van der Waals surface area contributed by atoms with E-state index in [0.29, 0.717) is 36.7 Å². The zero-order chi connectivity index (χ0) is 23.6. The number of sulfonamides is 1. The van der Waals surface area contributed by atoms with Crippen LogP contribution in [0.4, 0.5) is 0 Å². The summed E-state index contributed by atoms with van der Waals surface area (Å²) in [5, 5.41) is 0.113. The molecule has 0 atom stereocenters. The van der Waals surface area contributed by atoms with Crippen molar-refractivity contribution in [1.29, 1.82) is 0 Å². The van der Waals surface area contributed by atoms with Crippen molar-refractivity contribution in [2.75, 3.05) is 19.9 Å². The van der Waals surface area contributed by atoms with Crippen molar-refractivity contribution in [2.45, 2.75) is 57.0 Å². The molecule has 1 fully saturated rings. The van der Waals surface area contributed by atoms with E-state index in [9.17, 15) is 13.2 Å². The van der Waals surface area contributed by atoms with Crippen molar-refractivity contribution in [3.63, 3.8) is 0 Å². The Labute approximate surface area is 200 Å². The number of ether oxygens (including phenoxy) is 2. The summed E-state index contributed by atoms with van der Waals surface area (Å²) in [6, 6.07) is 10.3. The molecule has 1 saturated carbocycles. The highest BCUT2D eigenvalue weighted by molar-refractivity contribution is 7.89. The maximum Gasteiger partial charge on any atom is 0.254 e. The largest absolute Gasteiger partial charge is 0.454 e. The third kappa shape index (κ3) is 4.83. The monoisotopic (exact) mass is 492 g/mol. The van der Waals surface area contributed by atoms with Crippen LogP contribution in [0, 0.1) is 0 Å². The van der Waals surface area contributed by atoms with Gasteiger partial charge in [0.2, 0.25) is 16.8 Å². The van der Waals surface area contributed by atoms with Gasteiger partial charge in [0.1, 0.15) is 4.90 Å². The van der Waals surface area contributed by atoms with Gasteiger partial charge in [0.25, 0.3) is 5.91 Å². The van der Waals surface area contributed by atoms with Crippen LogP contribution in [0.2, 0.25) is 5.02 Å². The summed E-state index contributed by atoms with van der Waals surface area (Å²) in [5.74, 6) is 1.17. The van der Waals surface area contributed by atoms with Crippen LogP contribution >= 0.6 is 11.6 Å². The highest BCUT2D eigenvalue weighted by Gasteiger charge is 2.30. The zero-order valence-electron chi connectivity index (χ0n) is 18.9. The molecular formula is C24H29ClN2O5S. The molecule has 1 heterocycles. The van der Waals surface area contributed by atoms with E-state index >= 15 is 0 Å². The maximum atomic E-state index is 13.7. The number of halogens is 1. The molecule has 0 saturated heterocycles. The second kappa shape index (κ2) is 9.91. The first-order chi connectivity index (χ1) is 15.8. The van der Waals surface area contributed by atoms with Gasteiger partial charge >= 0.3 is 0 Å². The number of fused-ring (bicyclic) bond motifs is 1. The van der Waals surface area contributed by atoms with E-state index in [1.165, 1.54) is 16.4 Å². The number of carbonyl (C=O) groups is 1. The van der Waals surface area contributed by atoms with Crippen LogP contribution in [0.1, 0.15) is 55.5 Å². The van der Waals surface area contributed by atoms with Gasteiger partial charge < -0.3 is 14.4 Å². The normalized spacial score (nSPS) is 15.9. The molecule has 178 valence electrons. The summed E-state index contributed by atoms with van der Waals surface area (Å²) in [7, 11) is -3.80. The van der Waals surface area contributed by atoms with Crippen molar-refractivity contribution >= 4 is 27.5 Å². The topological polar surface area (TPSA) is 76.2 Å². The highest BCUT2D eigenvalue weighted by Crippen LogP contribution is 2.34. The molecule has 7 nitrogen and oxygen atoms in total. The van der Waals surface area contributed by atoms with E-state index in [1.54, 1.807) is 19.9 Å². The van der Waals surface area contributed by atoms with E-state index in [2.05, 4.69) is 0 Å². The Hall–Kier alpha value is -2.29. The second-order valence-electron chi connectivity index (χ2n) is 8.29. The van der Waals surface area contributed by atoms with Crippen molar-refractivity contribution in [2.24, 2.45) is 0 Å². The Kier molecular flexibility index (Phi) is 7.16. The number of nitrogens with zero attached hydrogens (tertiary/aromatic N) is 2. The molecule has 0 radical (unpaired) electrons. The van der Waals surface area contributed by atoms with Crippen LogP contribution in [-0.2, 0) is 16.6 Å². The highest BCUT2D eigenvalue weighted by atomic mass is 35.5. The number of rotatable bonds is 8. The van der Waals surface area contributed by atoms with Gasteiger partial charge in [-0.15, -0.1) is 0 Å². The van der Waals surface area contributed by atoms with E-state index in [4.69, 9.17) is 21.1 Å². The Bertz CT molecular complexity index is 1130. The number of benzene rings is 2. The Morgan fingerprint density at radius 2 is 1.73 bits per heavy atom. The van der Waals surface area contributed by atoms with E-state index in [0.717, 1.165) is 31.2 Å². The maximum absolute atomic E-state index is 13.7. The zero-order valence-corrected chi connectivity index (χ0v) is 20.5. The average molecular weight is 493 g/mol. The fourth-order valence-electron chi connectivity index (χ4n) is 4.52. The van der Waals surface area contributed by atoms with Gasteiger partial charge in [0.15, 0.2) is 11.5 Å². The average Bonchev–Trinajstić information content (AvgIpc) is 3.49. The Morgan fingerprint density at radius 1 is 1.03 bits per heavy atom. The van der Waals surface area contributed by atoms with Crippen LogP contribution in [-0.4, -0.2) is 49.5 Å². The molecule has 2 aromatic rings. The minimum atomic E-state index is -3.80. The molecule has 1 amide bonds. The molecule has 0 aromatic heterocycles. The standard InChI is InChI=1S/C24H29ClN2O5S/c1-3-26(4-2)33(29,30)23-14-18(10-11-20(23)25)24(28)27(19-7-5-6-8-19)15-17-9-12-21-22(13-17)32-16-31-21/h9-14,19H,3-8,15-16H2,1-2H3. The summed E-state index contributed by atoms with van der Waals surface area (Å²) in [5.41, 5.74) is 1.25. The second-order valence-corrected chi connectivity index (χ2v) is 10.6. The predicted molar refractivity (Wildman–Crippen MR) is 126 cm³/mol. The molecule has 4 rings (SSSR count). The Balaban J connectivity index is 1.66. The molecule has 2 aliphatic rings. The van der Waals surface area contributed by atoms with Crippen LogP contribution in [0.15, 0.2) is 41.3 Å². The van der Waals surface area contributed by atoms with Gasteiger partial charge in [0, 0.05) is 31.2 Å². The van der Waals surface area contributed by atoms with E-state index < -0.39 is 10.0 Å². The molecule has 0 N–H and O–H groups in total. The van der Waals surface area contributed by atoms with Crippen molar-refractivity contribution < 1.29 is 22.7 Å². The summed E-state index contributed by atoms with van der Waals surface area (Å²) >= 11 is 6.28. The van der Waals surface area contributed by atoms with Crippen molar-refractivity contribution in [1.82, 2.24) is 9.21 Å².